The predicted molar refractivity (Wildman–Crippen MR) is 70.5 cm³/mol. The number of hydrogen-bond acceptors (Lipinski definition) is 2. The van der Waals surface area contributed by atoms with E-state index in [-0.39, 0.29) is 11.2 Å². The Balaban J connectivity index is 0.000000686. The first kappa shape index (κ1) is 13.2. The largest absolute Gasteiger partial charge is 0.330 e. The summed E-state index contributed by atoms with van der Waals surface area (Å²) in [6.07, 6.45) is 0. The van der Waals surface area contributed by atoms with Gasteiger partial charge in [-0.05, 0) is 19.1 Å². The number of nitrogens with zero attached hydrogens (tertiary/aromatic N) is 2. The second-order valence-electron chi connectivity index (χ2n) is 3.73. The molecule has 0 unspecified atom stereocenters. The van der Waals surface area contributed by atoms with Gasteiger partial charge in [0.05, 0.1) is 10.9 Å². The van der Waals surface area contributed by atoms with Gasteiger partial charge in [-0.2, -0.15) is 0 Å². The summed E-state index contributed by atoms with van der Waals surface area (Å²) in [6.45, 7) is 5.92. The molecule has 2 aromatic rings. The van der Waals surface area contributed by atoms with Gasteiger partial charge in [0, 0.05) is 14.1 Å². The summed E-state index contributed by atoms with van der Waals surface area (Å²) >= 11 is 0. The van der Waals surface area contributed by atoms with E-state index < -0.39 is 0 Å². The number of aryl methyl sites for hydroxylation is 2. The maximum absolute atomic E-state index is 11.8. The van der Waals surface area contributed by atoms with Crippen molar-refractivity contribution in [1.29, 1.82) is 0 Å². The van der Waals surface area contributed by atoms with E-state index >= 15 is 0 Å². The van der Waals surface area contributed by atoms with Crippen molar-refractivity contribution < 1.29 is 0 Å². The number of fused-ring (bicyclic) bond motifs is 1. The summed E-state index contributed by atoms with van der Waals surface area (Å²) < 4.78 is 2.61. The summed E-state index contributed by atoms with van der Waals surface area (Å²) in [7, 11) is 3.16. The lowest BCUT2D eigenvalue weighted by molar-refractivity contribution is 0.713. The summed E-state index contributed by atoms with van der Waals surface area (Å²) in [5, 5.41) is 0.583. The molecule has 92 valence electrons. The van der Waals surface area contributed by atoms with Crippen LogP contribution >= 0.6 is 0 Å². The van der Waals surface area contributed by atoms with Crippen LogP contribution in [0.3, 0.4) is 0 Å². The van der Waals surface area contributed by atoms with Gasteiger partial charge in [-0.15, -0.1) is 0 Å². The van der Waals surface area contributed by atoms with Crippen molar-refractivity contribution in [2.75, 3.05) is 0 Å². The molecule has 0 atom stereocenters. The lowest BCUT2D eigenvalue weighted by Gasteiger charge is -2.07. The van der Waals surface area contributed by atoms with Crippen LogP contribution in [0.25, 0.3) is 10.9 Å². The van der Waals surface area contributed by atoms with Crippen LogP contribution in [-0.4, -0.2) is 9.13 Å². The zero-order valence-electron chi connectivity index (χ0n) is 10.9. The van der Waals surface area contributed by atoms with Gasteiger partial charge in [-0.25, -0.2) is 4.79 Å². The highest BCUT2D eigenvalue weighted by atomic mass is 16.2. The minimum Gasteiger partial charge on any atom is -0.296 e. The monoisotopic (exact) mass is 234 g/mol. The minimum absolute atomic E-state index is 0.239. The minimum atomic E-state index is -0.295. The highest BCUT2D eigenvalue weighted by Gasteiger charge is 2.07. The van der Waals surface area contributed by atoms with Crippen molar-refractivity contribution in [3.05, 3.63) is 44.6 Å². The van der Waals surface area contributed by atoms with E-state index in [0.717, 1.165) is 10.1 Å². The average molecular weight is 234 g/mol. The summed E-state index contributed by atoms with van der Waals surface area (Å²) in [5.74, 6) is 0. The molecule has 0 aliphatic rings. The Kier molecular flexibility index (Phi) is 3.89. The van der Waals surface area contributed by atoms with Crippen molar-refractivity contribution in [2.45, 2.75) is 20.8 Å². The molecular weight excluding hydrogens is 216 g/mol. The van der Waals surface area contributed by atoms with Gasteiger partial charge in [-0.1, -0.05) is 25.5 Å². The Hall–Kier alpha value is -1.84. The summed E-state index contributed by atoms with van der Waals surface area (Å²) in [4.78, 5) is 23.4. The number of rotatable bonds is 0. The smallest absolute Gasteiger partial charge is 0.296 e. The number of aromatic nitrogens is 2. The molecule has 0 bridgehead atoms. The molecule has 0 fully saturated rings. The Morgan fingerprint density at radius 3 is 2.18 bits per heavy atom. The SMILES string of the molecule is CC.Cc1ccc2c(c1)c(=O)n(C)c(=O)n2C. The van der Waals surface area contributed by atoms with Crippen LogP contribution in [-0.2, 0) is 14.1 Å². The molecule has 1 heterocycles. The van der Waals surface area contributed by atoms with Crippen molar-refractivity contribution in [2.24, 2.45) is 14.1 Å². The number of hydrogen-bond donors (Lipinski definition) is 0. The molecule has 17 heavy (non-hydrogen) atoms. The van der Waals surface area contributed by atoms with E-state index in [2.05, 4.69) is 0 Å². The zero-order valence-corrected chi connectivity index (χ0v) is 10.9. The Morgan fingerprint density at radius 1 is 1.00 bits per heavy atom. The molecular formula is C13H18N2O2. The number of benzene rings is 1. The van der Waals surface area contributed by atoms with Gasteiger partial charge >= 0.3 is 5.69 Å². The first-order valence-corrected chi connectivity index (χ1v) is 5.69. The highest BCUT2D eigenvalue weighted by Crippen LogP contribution is 2.09. The fourth-order valence-electron chi connectivity index (χ4n) is 1.71. The van der Waals surface area contributed by atoms with Gasteiger partial charge in [-0.3, -0.25) is 13.9 Å². The first-order chi connectivity index (χ1) is 8.02. The maximum Gasteiger partial charge on any atom is 0.330 e. The molecule has 0 N–H and O–H groups in total. The van der Waals surface area contributed by atoms with Gasteiger partial charge < -0.3 is 0 Å². The molecule has 0 radical (unpaired) electrons. The normalized spacial score (nSPS) is 9.94. The molecule has 1 aromatic carbocycles. The van der Waals surface area contributed by atoms with Crippen LogP contribution in [0.2, 0.25) is 0 Å². The van der Waals surface area contributed by atoms with Crippen molar-refractivity contribution in [3.63, 3.8) is 0 Å². The molecule has 0 spiro atoms. The molecule has 0 aliphatic carbocycles. The zero-order chi connectivity index (χ0) is 13.2. The van der Waals surface area contributed by atoms with E-state index in [9.17, 15) is 9.59 Å². The van der Waals surface area contributed by atoms with Crippen molar-refractivity contribution in [1.82, 2.24) is 9.13 Å². The fourth-order valence-corrected chi connectivity index (χ4v) is 1.71. The third-order valence-corrected chi connectivity index (χ3v) is 2.62. The van der Waals surface area contributed by atoms with Crippen LogP contribution in [0.4, 0.5) is 0 Å². The van der Waals surface area contributed by atoms with Crippen molar-refractivity contribution in [3.8, 4) is 0 Å². The van der Waals surface area contributed by atoms with Gasteiger partial charge in [0.2, 0.25) is 0 Å². The Morgan fingerprint density at radius 2 is 1.59 bits per heavy atom. The molecule has 2 rings (SSSR count). The lowest BCUT2D eigenvalue weighted by Crippen LogP contribution is -2.36. The maximum atomic E-state index is 11.8. The molecule has 4 heteroatoms. The first-order valence-electron chi connectivity index (χ1n) is 5.69. The predicted octanol–water partition coefficient (Wildman–Crippen LogP) is 1.57. The van der Waals surface area contributed by atoms with Crippen LogP contribution in [0.1, 0.15) is 19.4 Å². The van der Waals surface area contributed by atoms with Gasteiger partial charge in [0.15, 0.2) is 0 Å². The van der Waals surface area contributed by atoms with Crippen molar-refractivity contribution >= 4 is 10.9 Å². The Labute approximate surface area is 100 Å². The summed E-state index contributed by atoms with van der Waals surface area (Å²) in [6, 6.07) is 5.49. The molecule has 0 saturated carbocycles. The summed E-state index contributed by atoms with van der Waals surface area (Å²) in [5.41, 5.74) is 1.15. The Bertz CT molecular complexity index is 651. The molecule has 1 aromatic heterocycles. The quantitative estimate of drug-likeness (QED) is 0.694. The average Bonchev–Trinajstić information content (AvgIpc) is 2.36. The topological polar surface area (TPSA) is 44.0 Å². The van der Waals surface area contributed by atoms with Crippen LogP contribution in [0.5, 0.6) is 0 Å². The van der Waals surface area contributed by atoms with E-state index in [1.165, 1.54) is 11.6 Å². The second kappa shape index (κ2) is 4.99. The third kappa shape index (κ3) is 2.16. The molecule has 0 aliphatic heterocycles. The van der Waals surface area contributed by atoms with Gasteiger partial charge in [0.1, 0.15) is 0 Å². The van der Waals surface area contributed by atoms with E-state index in [4.69, 9.17) is 0 Å². The van der Waals surface area contributed by atoms with Gasteiger partial charge in [0.25, 0.3) is 5.56 Å². The van der Waals surface area contributed by atoms with E-state index in [1.807, 2.05) is 26.8 Å². The highest BCUT2D eigenvalue weighted by molar-refractivity contribution is 5.78. The molecule has 0 amide bonds. The molecule has 4 nitrogen and oxygen atoms in total. The second-order valence-corrected chi connectivity index (χ2v) is 3.73. The van der Waals surface area contributed by atoms with E-state index in [0.29, 0.717) is 10.9 Å². The molecule has 0 saturated heterocycles. The van der Waals surface area contributed by atoms with Crippen LogP contribution < -0.4 is 11.2 Å². The fraction of sp³-hybridized carbons (Fsp3) is 0.385. The lowest BCUT2D eigenvalue weighted by atomic mass is 10.1. The standard InChI is InChI=1S/C11H12N2O2.C2H6/c1-7-4-5-9-8(6-7)10(14)13(3)11(15)12(9)2;1-2/h4-6H,1-3H3;1-2H3. The third-order valence-electron chi connectivity index (χ3n) is 2.62. The van der Waals surface area contributed by atoms with Crippen LogP contribution in [0.15, 0.2) is 27.8 Å². The van der Waals surface area contributed by atoms with Crippen LogP contribution in [0, 0.1) is 6.92 Å². The van der Waals surface area contributed by atoms with E-state index in [1.54, 1.807) is 19.2 Å².